The van der Waals surface area contributed by atoms with Crippen molar-refractivity contribution in [3.05, 3.63) is 35.9 Å². The summed E-state index contributed by atoms with van der Waals surface area (Å²) in [4.78, 5) is 27.1. The van der Waals surface area contributed by atoms with Crippen molar-refractivity contribution in [3.8, 4) is 0 Å². The summed E-state index contributed by atoms with van der Waals surface area (Å²) in [7, 11) is 0. The van der Waals surface area contributed by atoms with Crippen LogP contribution < -0.4 is 5.32 Å². The molecule has 2 amide bonds. The van der Waals surface area contributed by atoms with E-state index in [1.165, 1.54) is 0 Å². The smallest absolute Gasteiger partial charge is 0.245 e. The fourth-order valence-corrected chi connectivity index (χ4v) is 3.32. The Labute approximate surface area is 150 Å². The van der Waals surface area contributed by atoms with E-state index in [4.69, 9.17) is 0 Å². The number of nitrogens with zero attached hydrogens (tertiary/aromatic N) is 1. The van der Waals surface area contributed by atoms with Gasteiger partial charge in [-0.1, -0.05) is 44.2 Å². The van der Waals surface area contributed by atoms with Crippen LogP contribution in [0.1, 0.15) is 39.2 Å². The lowest BCUT2D eigenvalue weighted by atomic mass is 9.92. The number of hydrogen-bond donors (Lipinski definition) is 2. The predicted molar refractivity (Wildman–Crippen MR) is 97.9 cm³/mol. The molecule has 0 aliphatic carbocycles. The summed E-state index contributed by atoms with van der Waals surface area (Å²) >= 11 is 0. The zero-order chi connectivity index (χ0) is 18.4. The van der Waals surface area contributed by atoms with Gasteiger partial charge in [0.1, 0.15) is 6.04 Å². The lowest BCUT2D eigenvalue weighted by Gasteiger charge is -2.37. The van der Waals surface area contributed by atoms with Gasteiger partial charge in [0, 0.05) is 19.0 Å². The number of likely N-dealkylation sites (tertiary alicyclic amines) is 1. The molecule has 3 atom stereocenters. The molecule has 138 valence electrons. The Morgan fingerprint density at radius 2 is 1.92 bits per heavy atom. The molecule has 1 saturated heterocycles. The van der Waals surface area contributed by atoms with Crippen LogP contribution in [0.4, 0.5) is 0 Å². The van der Waals surface area contributed by atoms with Crippen LogP contribution in [-0.4, -0.2) is 47.1 Å². The minimum atomic E-state index is -0.524. The highest BCUT2D eigenvalue weighted by molar-refractivity contribution is 5.88. The quantitative estimate of drug-likeness (QED) is 0.828. The van der Waals surface area contributed by atoms with Gasteiger partial charge in [0.05, 0.1) is 12.5 Å². The number of nitrogens with one attached hydrogen (secondary N) is 1. The number of piperidine rings is 1. The van der Waals surface area contributed by atoms with Crippen LogP contribution in [-0.2, 0) is 16.0 Å². The van der Waals surface area contributed by atoms with Gasteiger partial charge in [0.2, 0.25) is 11.8 Å². The second-order valence-electron chi connectivity index (χ2n) is 7.38. The molecular formula is C20H30N2O3. The van der Waals surface area contributed by atoms with Crippen LogP contribution in [0.3, 0.4) is 0 Å². The van der Waals surface area contributed by atoms with E-state index in [0.717, 1.165) is 18.4 Å². The molecule has 0 bridgehead atoms. The van der Waals surface area contributed by atoms with Gasteiger partial charge < -0.3 is 15.3 Å². The average Bonchev–Trinajstić information content (AvgIpc) is 2.60. The van der Waals surface area contributed by atoms with Gasteiger partial charge in [-0.2, -0.15) is 0 Å². The van der Waals surface area contributed by atoms with E-state index < -0.39 is 12.1 Å². The molecule has 1 aromatic carbocycles. The number of carbonyl (C=O) groups excluding carboxylic acids is 2. The molecule has 1 fully saturated rings. The minimum absolute atomic E-state index is 0.0131. The van der Waals surface area contributed by atoms with Crippen LogP contribution in [0.2, 0.25) is 0 Å². The second kappa shape index (κ2) is 8.99. The maximum atomic E-state index is 12.9. The Kier molecular flexibility index (Phi) is 7.00. The van der Waals surface area contributed by atoms with Gasteiger partial charge >= 0.3 is 0 Å². The van der Waals surface area contributed by atoms with E-state index in [-0.39, 0.29) is 30.1 Å². The van der Waals surface area contributed by atoms with Gasteiger partial charge in [-0.05, 0) is 31.2 Å². The highest BCUT2D eigenvalue weighted by Crippen LogP contribution is 2.21. The molecule has 5 heteroatoms. The number of amides is 2. The lowest BCUT2D eigenvalue weighted by molar-refractivity contribution is -0.139. The standard InChI is InChI=1S/C20H30N2O3/c1-14(2)19(21-18(24)12-16-8-5-4-6-9-16)20(25)22-11-7-10-17(13-22)15(3)23/h4-6,8-9,14-15,17,19,23H,7,10-13H2,1-3H3,(H,21,24). The monoisotopic (exact) mass is 346 g/mol. The third kappa shape index (κ3) is 5.56. The van der Waals surface area contributed by atoms with Gasteiger partial charge in [0.25, 0.3) is 0 Å². The summed E-state index contributed by atoms with van der Waals surface area (Å²) in [5.41, 5.74) is 0.932. The first-order valence-electron chi connectivity index (χ1n) is 9.18. The third-order valence-corrected chi connectivity index (χ3v) is 4.91. The summed E-state index contributed by atoms with van der Waals surface area (Å²) in [5, 5.41) is 12.7. The van der Waals surface area contributed by atoms with Gasteiger partial charge in [0.15, 0.2) is 0 Å². The maximum Gasteiger partial charge on any atom is 0.245 e. The maximum absolute atomic E-state index is 12.9. The van der Waals surface area contributed by atoms with E-state index in [1.54, 1.807) is 11.8 Å². The summed E-state index contributed by atoms with van der Waals surface area (Å²) in [6.45, 7) is 6.93. The van der Waals surface area contributed by atoms with Crippen molar-refractivity contribution in [1.82, 2.24) is 10.2 Å². The van der Waals surface area contributed by atoms with Crippen LogP contribution in [0.15, 0.2) is 30.3 Å². The van der Waals surface area contributed by atoms with Crippen molar-refractivity contribution in [1.29, 1.82) is 0 Å². The molecule has 2 N–H and O–H groups in total. The molecule has 2 rings (SSSR count). The lowest BCUT2D eigenvalue weighted by Crippen LogP contribution is -2.54. The summed E-state index contributed by atoms with van der Waals surface area (Å²) < 4.78 is 0. The van der Waals surface area contributed by atoms with Gasteiger partial charge in [-0.25, -0.2) is 0 Å². The normalized spacial score (nSPS) is 20.2. The molecule has 1 aromatic rings. The van der Waals surface area contributed by atoms with Crippen molar-refractivity contribution < 1.29 is 14.7 Å². The van der Waals surface area contributed by atoms with Gasteiger partial charge in [-0.15, -0.1) is 0 Å². The molecular weight excluding hydrogens is 316 g/mol. The Morgan fingerprint density at radius 1 is 1.24 bits per heavy atom. The Hall–Kier alpha value is -1.88. The Balaban J connectivity index is 1.99. The van der Waals surface area contributed by atoms with Crippen LogP contribution >= 0.6 is 0 Å². The number of aliphatic hydroxyl groups excluding tert-OH is 1. The number of aliphatic hydroxyl groups is 1. The largest absolute Gasteiger partial charge is 0.393 e. The van der Waals surface area contributed by atoms with Gasteiger partial charge in [-0.3, -0.25) is 9.59 Å². The first-order valence-corrected chi connectivity index (χ1v) is 9.18. The molecule has 5 nitrogen and oxygen atoms in total. The fraction of sp³-hybridized carbons (Fsp3) is 0.600. The number of benzene rings is 1. The molecule has 0 aromatic heterocycles. The molecule has 3 unspecified atom stereocenters. The van der Waals surface area contributed by atoms with Crippen molar-refractivity contribution >= 4 is 11.8 Å². The van der Waals surface area contributed by atoms with Crippen LogP contribution in [0.25, 0.3) is 0 Å². The zero-order valence-electron chi connectivity index (χ0n) is 15.4. The Morgan fingerprint density at radius 3 is 2.52 bits per heavy atom. The highest BCUT2D eigenvalue weighted by atomic mass is 16.3. The van der Waals surface area contributed by atoms with Crippen molar-refractivity contribution in [2.75, 3.05) is 13.1 Å². The summed E-state index contributed by atoms with van der Waals surface area (Å²) in [5.74, 6) is -0.0474. The molecule has 0 saturated carbocycles. The number of carbonyl (C=O) groups is 2. The molecule has 0 radical (unpaired) electrons. The summed E-state index contributed by atoms with van der Waals surface area (Å²) in [6.07, 6.45) is 1.69. The van der Waals surface area contributed by atoms with E-state index >= 15 is 0 Å². The van der Waals surface area contributed by atoms with Crippen molar-refractivity contribution in [2.45, 2.75) is 52.2 Å². The van der Waals surface area contributed by atoms with E-state index in [1.807, 2.05) is 44.2 Å². The first-order chi connectivity index (χ1) is 11.9. The fourth-order valence-electron chi connectivity index (χ4n) is 3.32. The number of hydrogen-bond acceptors (Lipinski definition) is 3. The number of rotatable bonds is 6. The second-order valence-corrected chi connectivity index (χ2v) is 7.38. The first kappa shape index (κ1) is 19.4. The molecule has 25 heavy (non-hydrogen) atoms. The zero-order valence-corrected chi connectivity index (χ0v) is 15.4. The molecule has 1 heterocycles. The molecule has 1 aliphatic rings. The highest BCUT2D eigenvalue weighted by Gasteiger charge is 2.32. The van der Waals surface area contributed by atoms with E-state index in [9.17, 15) is 14.7 Å². The Bertz CT molecular complexity index is 572. The SMILES string of the molecule is CC(C)C(NC(=O)Cc1ccccc1)C(=O)N1CCCC(C(C)O)C1. The van der Waals surface area contributed by atoms with Crippen LogP contribution in [0, 0.1) is 11.8 Å². The van der Waals surface area contributed by atoms with Crippen LogP contribution in [0.5, 0.6) is 0 Å². The summed E-state index contributed by atoms with van der Waals surface area (Å²) in [6, 6.07) is 9.00. The third-order valence-electron chi connectivity index (χ3n) is 4.91. The topological polar surface area (TPSA) is 69.6 Å². The predicted octanol–water partition coefficient (Wildman–Crippen LogP) is 1.99. The van der Waals surface area contributed by atoms with E-state index in [0.29, 0.717) is 13.1 Å². The molecule has 0 spiro atoms. The molecule has 1 aliphatic heterocycles. The average molecular weight is 346 g/mol. The van der Waals surface area contributed by atoms with Crippen molar-refractivity contribution in [3.63, 3.8) is 0 Å². The van der Waals surface area contributed by atoms with E-state index in [2.05, 4.69) is 5.32 Å². The van der Waals surface area contributed by atoms with Crippen molar-refractivity contribution in [2.24, 2.45) is 11.8 Å². The minimum Gasteiger partial charge on any atom is -0.393 e.